The van der Waals surface area contributed by atoms with E-state index in [2.05, 4.69) is 10.6 Å². The molecule has 0 radical (unpaired) electrons. The van der Waals surface area contributed by atoms with Gasteiger partial charge in [-0.25, -0.2) is 0 Å². The Morgan fingerprint density at radius 3 is 2.65 bits per heavy atom. The molecule has 0 bridgehead atoms. The van der Waals surface area contributed by atoms with Crippen LogP contribution in [0.5, 0.6) is 0 Å². The maximum atomic E-state index is 12.0. The van der Waals surface area contributed by atoms with Crippen LogP contribution in [-0.4, -0.2) is 22.5 Å². The Morgan fingerprint density at radius 1 is 1.45 bits per heavy atom. The zero-order chi connectivity index (χ0) is 15.3. The van der Waals surface area contributed by atoms with Crippen molar-refractivity contribution in [1.29, 1.82) is 0 Å². The molecule has 1 aromatic carbocycles. The molecule has 2 N–H and O–H groups in total. The monoisotopic (exact) mass is 295 g/mol. The summed E-state index contributed by atoms with van der Waals surface area (Å²) in [4.78, 5) is 22.4. The summed E-state index contributed by atoms with van der Waals surface area (Å²) in [6.45, 7) is 6.22. The highest BCUT2D eigenvalue weighted by Crippen LogP contribution is 2.20. The first-order valence-corrected chi connectivity index (χ1v) is 6.57. The molecule has 1 aromatic rings. The van der Waals surface area contributed by atoms with E-state index >= 15 is 0 Å². The molecule has 1 amide bonds. The number of hydrogen-bond acceptors (Lipinski definition) is 4. The normalized spacial score (nSPS) is 10.2. The summed E-state index contributed by atoms with van der Waals surface area (Å²) >= 11 is 5.00. The molecule has 0 aromatic heterocycles. The number of rotatable bonds is 4. The van der Waals surface area contributed by atoms with Crippen molar-refractivity contribution in [1.82, 2.24) is 10.6 Å². The number of nitrogens with zero attached hydrogens (tertiary/aromatic N) is 1. The summed E-state index contributed by atoms with van der Waals surface area (Å²) in [5.41, 5.74) is 0.480. The van der Waals surface area contributed by atoms with Gasteiger partial charge >= 0.3 is 0 Å². The van der Waals surface area contributed by atoms with E-state index in [4.69, 9.17) is 12.2 Å². The van der Waals surface area contributed by atoms with Crippen molar-refractivity contribution in [3.05, 3.63) is 39.4 Å². The van der Waals surface area contributed by atoms with E-state index in [0.717, 1.165) is 0 Å². The second-order valence-corrected chi connectivity index (χ2v) is 5.17. The summed E-state index contributed by atoms with van der Waals surface area (Å²) in [6.07, 6.45) is 0. The quantitative estimate of drug-likeness (QED) is 0.505. The molecule has 0 atom stereocenters. The number of benzene rings is 1. The number of nitro groups is 1. The van der Waals surface area contributed by atoms with Crippen molar-refractivity contribution in [3.63, 3.8) is 0 Å². The lowest BCUT2D eigenvalue weighted by Gasteiger charge is -2.12. The molecular formula is C13H17N3O3S. The van der Waals surface area contributed by atoms with Crippen LogP contribution in [0.1, 0.15) is 29.8 Å². The molecule has 0 spiro atoms. The molecule has 0 unspecified atom stereocenters. The third-order valence-electron chi connectivity index (χ3n) is 2.64. The van der Waals surface area contributed by atoms with Crippen molar-refractivity contribution in [2.75, 3.05) is 6.54 Å². The molecule has 0 fully saturated rings. The molecule has 0 aliphatic rings. The van der Waals surface area contributed by atoms with Gasteiger partial charge in [-0.05, 0) is 31.1 Å². The van der Waals surface area contributed by atoms with Gasteiger partial charge in [0.25, 0.3) is 11.6 Å². The molecule has 7 heteroatoms. The molecule has 0 heterocycles. The lowest BCUT2D eigenvalue weighted by atomic mass is 10.1. The van der Waals surface area contributed by atoms with Crippen LogP contribution < -0.4 is 10.6 Å². The summed E-state index contributed by atoms with van der Waals surface area (Å²) in [5.74, 6) is -0.0585. The van der Waals surface area contributed by atoms with E-state index in [0.29, 0.717) is 18.0 Å². The van der Waals surface area contributed by atoms with Crippen LogP contribution in [0.2, 0.25) is 0 Å². The van der Waals surface area contributed by atoms with Gasteiger partial charge in [-0.3, -0.25) is 20.2 Å². The van der Waals surface area contributed by atoms with Gasteiger partial charge < -0.3 is 5.32 Å². The highest BCUT2D eigenvalue weighted by molar-refractivity contribution is 7.80. The van der Waals surface area contributed by atoms with Gasteiger partial charge in [0.2, 0.25) is 0 Å². The third kappa shape index (κ3) is 4.27. The minimum atomic E-state index is -0.512. The first-order valence-electron chi connectivity index (χ1n) is 6.16. The van der Waals surface area contributed by atoms with E-state index in [-0.39, 0.29) is 16.4 Å². The Kier molecular flexibility index (Phi) is 5.57. The van der Waals surface area contributed by atoms with Crippen molar-refractivity contribution in [2.45, 2.75) is 20.8 Å². The van der Waals surface area contributed by atoms with E-state index in [1.165, 1.54) is 25.1 Å². The van der Waals surface area contributed by atoms with Crippen LogP contribution >= 0.6 is 12.2 Å². The zero-order valence-electron chi connectivity index (χ0n) is 11.6. The number of hydrogen-bond donors (Lipinski definition) is 2. The Morgan fingerprint density at radius 2 is 2.10 bits per heavy atom. The van der Waals surface area contributed by atoms with Crippen LogP contribution in [-0.2, 0) is 0 Å². The molecule has 6 nitrogen and oxygen atoms in total. The summed E-state index contributed by atoms with van der Waals surface area (Å²) < 4.78 is 0. The van der Waals surface area contributed by atoms with Crippen LogP contribution in [0.25, 0.3) is 0 Å². The topological polar surface area (TPSA) is 84.3 Å². The summed E-state index contributed by atoms with van der Waals surface area (Å²) in [7, 11) is 0. The van der Waals surface area contributed by atoms with Gasteiger partial charge in [0.1, 0.15) is 0 Å². The average Bonchev–Trinajstić information content (AvgIpc) is 2.36. The second kappa shape index (κ2) is 6.95. The van der Waals surface area contributed by atoms with Gasteiger partial charge in [0.05, 0.1) is 4.92 Å². The standard InChI is InChI=1S/C13H17N3O3S/c1-8(2)7-14-13(20)15-12(17)10-5-4-6-11(9(10)3)16(18)19/h4-6,8H,7H2,1-3H3,(H2,14,15,17,20). The fourth-order valence-electron chi connectivity index (χ4n) is 1.58. The average molecular weight is 295 g/mol. The van der Waals surface area contributed by atoms with Crippen LogP contribution in [0.4, 0.5) is 5.69 Å². The molecule has 0 saturated heterocycles. The predicted octanol–water partition coefficient (Wildman–Crippen LogP) is 2.16. The van der Waals surface area contributed by atoms with Crippen LogP contribution in [0.3, 0.4) is 0 Å². The highest BCUT2D eigenvalue weighted by atomic mass is 32.1. The van der Waals surface area contributed by atoms with Crippen molar-refractivity contribution in [3.8, 4) is 0 Å². The SMILES string of the molecule is Cc1c(C(=O)NC(=S)NCC(C)C)cccc1[N+](=O)[O-]. The Hall–Kier alpha value is -2.02. The maximum Gasteiger partial charge on any atom is 0.273 e. The molecule has 1 rings (SSSR count). The number of nitro benzene ring substituents is 1. The lowest BCUT2D eigenvalue weighted by Crippen LogP contribution is -2.40. The summed E-state index contributed by atoms with van der Waals surface area (Å²) in [5, 5.41) is 16.5. The lowest BCUT2D eigenvalue weighted by molar-refractivity contribution is -0.385. The van der Waals surface area contributed by atoms with Crippen molar-refractivity contribution >= 4 is 28.9 Å². The molecule has 20 heavy (non-hydrogen) atoms. The number of nitrogens with one attached hydrogen (secondary N) is 2. The Balaban J connectivity index is 2.80. The van der Waals surface area contributed by atoms with Crippen molar-refractivity contribution in [2.24, 2.45) is 5.92 Å². The Labute approximate surface area is 122 Å². The number of amides is 1. The van der Waals surface area contributed by atoms with E-state index in [9.17, 15) is 14.9 Å². The first-order chi connectivity index (χ1) is 9.32. The third-order valence-corrected chi connectivity index (χ3v) is 2.89. The fourth-order valence-corrected chi connectivity index (χ4v) is 1.75. The largest absolute Gasteiger partial charge is 0.362 e. The van der Waals surface area contributed by atoms with Gasteiger partial charge in [-0.1, -0.05) is 19.9 Å². The second-order valence-electron chi connectivity index (χ2n) is 4.76. The molecule has 108 valence electrons. The maximum absolute atomic E-state index is 12.0. The molecular weight excluding hydrogens is 278 g/mol. The fraction of sp³-hybridized carbons (Fsp3) is 0.385. The van der Waals surface area contributed by atoms with Gasteiger partial charge in [0.15, 0.2) is 5.11 Å². The minimum Gasteiger partial charge on any atom is -0.362 e. The minimum absolute atomic E-state index is 0.0845. The predicted molar refractivity (Wildman–Crippen MR) is 80.7 cm³/mol. The van der Waals surface area contributed by atoms with E-state index < -0.39 is 10.8 Å². The summed E-state index contributed by atoms with van der Waals surface area (Å²) in [6, 6.07) is 4.37. The van der Waals surface area contributed by atoms with Crippen LogP contribution in [0, 0.1) is 23.0 Å². The first kappa shape index (κ1) is 16.0. The van der Waals surface area contributed by atoms with Crippen LogP contribution in [0.15, 0.2) is 18.2 Å². The van der Waals surface area contributed by atoms with E-state index in [1.54, 1.807) is 0 Å². The number of thiocarbonyl (C=S) groups is 1. The molecule has 0 aliphatic heterocycles. The highest BCUT2D eigenvalue weighted by Gasteiger charge is 2.18. The van der Waals surface area contributed by atoms with Gasteiger partial charge in [-0.2, -0.15) is 0 Å². The molecule has 0 saturated carbocycles. The van der Waals surface area contributed by atoms with E-state index in [1.807, 2.05) is 13.8 Å². The van der Waals surface area contributed by atoms with Gasteiger partial charge in [0, 0.05) is 23.7 Å². The smallest absolute Gasteiger partial charge is 0.273 e. The molecule has 0 aliphatic carbocycles. The van der Waals surface area contributed by atoms with Gasteiger partial charge in [-0.15, -0.1) is 0 Å². The van der Waals surface area contributed by atoms with Crippen molar-refractivity contribution < 1.29 is 9.72 Å². The Bertz CT molecular complexity index is 544. The zero-order valence-corrected chi connectivity index (χ0v) is 12.4. The number of carbonyl (C=O) groups is 1. The number of carbonyl (C=O) groups excluding carboxylic acids is 1.